The van der Waals surface area contributed by atoms with Crippen molar-refractivity contribution in [3.8, 4) is 0 Å². The summed E-state index contributed by atoms with van der Waals surface area (Å²) in [5.74, 6) is 1.22. The summed E-state index contributed by atoms with van der Waals surface area (Å²) in [6.45, 7) is 1.65. The van der Waals surface area contributed by atoms with Gasteiger partial charge in [-0.25, -0.2) is 0 Å². The molecule has 1 aliphatic carbocycles. The summed E-state index contributed by atoms with van der Waals surface area (Å²) in [7, 11) is 1.72. The summed E-state index contributed by atoms with van der Waals surface area (Å²) in [6, 6.07) is 8.36. The quantitative estimate of drug-likeness (QED) is 0.916. The maximum Gasteiger partial charge on any atom is 0.161 e. The van der Waals surface area contributed by atoms with Crippen LogP contribution < -0.4 is 5.32 Å². The van der Waals surface area contributed by atoms with Crippen molar-refractivity contribution >= 4 is 22.6 Å². The first kappa shape index (κ1) is 14.0. The molecule has 20 heavy (non-hydrogen) atoms. The van der Waals surface area contributed by atoms with Crippen LogP contribution in [0.25, 0.3) is 0 Å². The van der Waals surface area contributed by atoms with Gasteiger partial charge in [0.15, 0.2) is 5.17 Å². The second-order valence-electron chi connectivity index (χ2n) is 5.88. The first-order chi connectivity index (χ1) is 9.80. The molecule has 1 spiro atoms. The molecular formula is C16H22N2OS. The Balaban J connectivity index is 1.63. The molecule has 4 heteroatoms. The maximum atomic E-state index is 5.17. The zero-order valence-electron chi connectivity index (χ0n) is 12.0. The van der Waals surface area contributed by atoms with E-state index in [0.29, 0.717) is 12.0 Å². The highest BCUT2D eigenvalue weighted by atomic mass is 32.2. The molecule has 0 saturated heterocycles. The lowest BCUT2D eigenvalue weighted by atomic mass is 9.89. The Kier molecular flexibility index (Phi) is 4.32. The van der Waals surface area contributed by atoms with Gasteiger partial charge in [-0.3, -0.25) is 4.99 Å². The molecule has 1 fully saturated rings. The lowest BCUT2D eigenvalue weighted by Gasteiger charge is -2.31. The SMILES string of the molecule is COCc1cccc(NC2=NCC3(CCCC3)CS2)c1. The van der Waals surface area contributed by atoms with E-state index < -0.39 is 0 Å². The summed E-state index contributed by atoms with van der Waals surface area (Å²) in [6.07, 6.45) is 5.50. The molecule has 0 unspecified atom stereocenters. The first-order valence-corrected chi connectivity index (χ1v) is 8.30. The molecule has 108 valence electrons. The van der Waals surface area contributed by atoms with Crippen LogP contribution in [-0.4, -0.2) is 24.6 Å². The number of thioether (sulfide) groups is 1. The van der Waals surface area contributed by atoms with Gasteiger partial charge in [0.05, 0.1) is 6.61 Å². The Hall–Kier alpha value is -1.00. The van der Waals surface area contributed by atoms with Crippen molar-refractivity contribution in [2.45, 2.75) is 32.3 Å². The monoisotopic (exact) mass is 290 g/mol. The van der Waals surface area contributed by atoms with Crippen molar-refractivity contribution in [2.24, 2.45) is 10.4 Å². The molecule has 0 bridgehead atoms. The van der Waals surface area contributed by atoms with Crippen LogP contribution >= 0.6 is 11.8 Å². The van der Waals surface area contributed by atoms with Crippen LogP contribution in [0.15, 0.2) is 29.3 Å². The van der Waals surface area contributed by atoms with Gasteiger partial charge in [0.25, 0.3) is 0 Å². The van der Waals surface area contributed by atoms with E-state index in [1.54, 1.807) is 7.11 Å². The van der Waals surface area contributed by atoms with E-state index in [1.165, 1.54) is 37.0 Å². The van der Waals surface area contributed by atoms with Gasteiger partial charge in [0.2, 0.25) is 0 Å². The molecular weight excluding hydrogens is 268 g/mol. The van der Waals surface area contributed by atoms with Crippen molar-refractivity contribution in [1.29, 1.82) is 0 Å². The van der Waals surface area contributed by atoms with E-state index in [2.05, 4.69) is 29.6 Å². The predicted octanol–water partition coefficient (Wildman–Crippen LogP) is 3.91. The van der Waals surface area contributed by atoms with Crippen LogP contribution in [0.5, 0.6) is 0 Å². The normalized spacial score (nSPS) is 20.9. The number of benzene rings is 1. The molecule has 0 atom stereocenters. The van der Waals surface area contributed by atoms with E-state index in [0.717, 1.165) is 17.4 Å². The van der Waals surface area contributed by atoms with Gasteiger partial charge in [-0.05, 0) is 36.0 Å². The molecule has 1 saturated carbocycles. The molecule has 0 aromatic heterocycles. The van der Waals surface area contributed by atoms with Gasteiger partial charge in [-0.15, -0.1) is 0 Å². The molecule has 0 radical (unpaired) electrons. The first-order valence-electron chi connectivity index (χ1n) is 7.32. The average molecular weight is 290 g/mol. The third-order valence-electron chi connectivity index (χ3n) is 4.23. The lowest BCUT2D eigenvalue weighted by Crippen LogP contribution is -2.30. The number of ether oxygens (including phenoxy) is 1. The molecule has 3 nitrogen and oxygen atoms in total. The van der Waals surface area contributed by atoms with E-state index in [9.17, 15) is 0 Å². The standard InChI is InChI=1S/C16H22N2OS/c1-19-10-13-5-4-6-14(9-13)18-15-17-11-16(12-20-15)7-2-3-8-16/h4-6,9H,2-3,7-8,10-12H2,1H3,(H,17,18). The van der Waals surface area contributed by atoms with Crippen LogP contribution in [0, 0.1) is 5.41 Å². The Morgan fingerprint density at radius 3 is 2.90 bits per heavy atom. The summed E-state index contributed by atoms with van der Waals surface area (Å²) in [5, 5.41) is 4.51. The van der Waals surface area contributed by atoms with Crippen molar-refractivity contribution < 1.29 is 4.74 Å². The van der Waals surface area contributed by atoms with Crippen molar-refractivity contribution in [1.82, 2.24) is 0 Å². The van der Waals surface area contributed by atoms with Gasteiger partial charge in [0, 0.05) is 25.1 Å². The second-order valence-corrected chi connectivity index (χ2v) is 6.84. The minimum Gasteiger partial charge on any atom is -0.380 e. The third-order valence-corrected chi connectivity index (χ3v) is 5.49. The highest BCUT2D eigenvalue weighted by molar-refractivity contribution is 8.14. The summed E-state index contributed by atoms with van der Waals surface area (Å²) in [4.78, 5) is 4.77. The maximum absolute atomic E-state index is 5.17. The van der Waals surface area contributed by atoms with E-state index >= 15 is 0 Å². The fourth-order valence-corrected chi connectivity index (χ4v) is 4.25. The molecule has 2 aliphatic rings. The highest BCUT2D eigenvalue weighted by Crippen LogP contribution is 2.43. The van der Waals surface area contributed by atoms with Crippen LogP contribution in [0.2, 0.25) is 0 Å². The summed E-state index contributed by atoms with van der Waals surface area (Å²) >= 11 is 1.88. The van der Waals surface area contributed by atoms with Gasteiger partial charge < -0.3 is 10.1 Å². The summed E-state index contributed by atoms with van der Waals surface area (Å²) < 4.78 is 5.17. The van der Waals surface area contributed by atoms with Crippen LogP contribution in [-0.2, 0) is 11.3 Å². The Bertz CT molecular complexity index is 495. The van der Waals surface area contributed by atoms with Crippen LogP contribution in [0.1, 0.15) is 31.2 Å². The Morgan fingerprint density at radius 1 is 1.35 bits per heavy atom. The number of amidine groups is 1. The molecule has 1 aliphatic heterocycles. The number of aliphatic imine (C=N–C) groups is 1. The number of nitrogens with zero attached hydrogens (tertiary/aromatic N) is 1. The fraction of sp³-hybridized carbons (Fsp3) is 0.562. The zero-order chi connectivity index (χ0) is 13.8. The zero-order valence-corrected chi connectivity index (χ0v) is 12.8. The average Bonchev–Trinajstić information content (AvgIpc) is 2.91. The van der Waals surface area contributed by atoms with Crippen LogP contribution in [0.3, 0.4) is 0 Å². The van der Waals surface area contributed by atoms with E-state index in [-0.39, 0.29) is 0 Å². The number of hydrogen-bond donors (Lipinski definition) is 1. The molecule has 1 N–H and O–H groups in total. The van der Waals surface area contributed by atoms with Gasteiger partial charge in [0.1, 0.15) is 0 Å². The molecule has 3 rings (SSSR count). The van der Waals surface area contributed by atoms with Crippen molar-refractivity contribution in [2.75, 3.05) is 24.7 Å². The molecule has 1 heterocycles. The van der Waals surface area contributed by atoms with Crippen molar-refractivity contribution in [3.05, 3.63) is 29.8 Å². The minimum absolute atomic E-state index is 0.508. The lowest BCUT2D eigenvalue weighted by molar-refractivity contribution is 0.185. The minimum atomic E-state index is 0.508. The topological polar surface area (TPSA) is 33.6 Å². The number of methoxy groups -OCH3 is 1. The molecule has 0 amide bonds. The predicted molar refractivity (Wildman–Crippen MR) is 86.4 cm³/mol. The molecule has 1 aromatic rings. The van der Waals surface area contributed by atoms with Crippen LogP contribution in [0.4, 0.5) is 5.69 Å². The van der Waals surface area contributed by atoms with Gasteiger partial charge in [-0.1, -0.05) is 36.7 Å². The molecule has 1 aromatic carbocycles. The van der Waals surface area contributed by atoms with Gasteiger partial charge in [-0.2, -0.15) is 0 Å². The number of anilines is 1. The highest BCUT2D eigenvalue weighted by Gasteiger charge is 2.36. The number of hydrogen-bond acceptors (Lipinski definition) is 4. The second kappa shape index (κ2) is 6.19. The van der Waals surface area contributed by atoms with Gasteiger partial charge >= 0.3 is 0 Å². The summed E-state index contributed by atoms with van der Waals surface area (Å²) in [5.41, 5.74) is 2.80. The fourth-order valence-electron chi connectivity index (χ4n) is 3.08. The Morgan fingerprint density at radius 2 is 2.20 bits per heavy atom. The number of nitrogens with one attached hydrogen (secondary N) is 1. The Labute approximate surface area is 125 Å². The number of rotatable bonds is 3. The van der Waals surface area contributed by atoms with E-state index in [4.69, 9.17) is 9.73 Å². The smallest absolute Gasteiger partial charge is 0.161 e. The third kappa shape index (κ3) is 3.18. The largest absolute Gasteiger partial charge is 0.380 e. The van der Waals surface area contributed by atoms with Crippen molar-refractivity contribution in [3.63, 3.8) is 0 Å². The van der Waals surface area contributed by atoms with E-state index in [1.807, 2.05) is 11.8 Å².